The number of nitrogens with zero attached hydrogens (tertiary/aromatic N) is 1. The molecule has 2 N–H and O–H groups in total. The number of nitrogens with one attached hydrogen (secondary N) is 2. The van der Waals surface area contributed by atoms with E-state index in [1.54, 1.807) is 7.11 Å². The minimum atomic E-state index is -0.212. The minimum Gasteiger partial charge on any atom is -0.496 e. The monoisotopic (exact) mass is 413 g/mol. The van der Waals surface area contributed by atoms with Crippen LogP contribution in [0, 0.1) is 12.7 Å². The van der Waals surface area contributed by atoms with Gasteiger partial charge in [0, 0.05) is 37.3 Å². The minimum absolute atomic E-state index is 0.107. The number of aryl methyl sites for hydroxylation is 1. The Morgan fingerprint density at radius 3 is 2.53 bits per heavy atom. The Kier molecular flexibility index (Phi) is 7.69. The van der Waals surface area contributed by atoms with Gasteiger partial charge in [-0.2, -0.15) is 0 Å². The van der Waals surface area contributed by atoms with Crippen LogP contribution < -0.4 is 15.4 Å². The molecule has 0 bridgehead atoms. The van der Waals surface area contributed by atoms with Gasteiger partial charge in [0.2, 0.25) is 0 Å². The third-order valence-electron chi connectivity index (χ3n) is 5.70. The van der Waals surface area contributed by atoms with Crippen molar-refractivity contribution in [3.8, 4) is 5.75 Å². The molecule has 2 aromatic rings. The molecule has 0 radical (unpaired) electrons. The third-order valence-corrected chi connectivity index (χ3v) is 5.70. The van der Waals surface area contributed by atoms with E-state index in [2.05, 4.69) is 22.8 Å². The van der Waals surface area contributed by atoms with E-state index in [1.165, 1.54) is 12.1 Å². The van der Waals surface area contributed by atoms with Crippen LogP contribution in [0.15, 0.2) is 47.5 Å². The van der Waals surface area contributed by atoms with Gasteiger partial charge in [-0.15, -0.1) is 0 Å². The SMILES string of the molecule is CCNC(=NCc1ccc(C)cc1OC)NCC1(c2ccc(F)cc2)CCOCC1. The topological polar surface area (TPSA) is 54.9 Å². The summed E-state index contributed by atoms with van der Waals surface area (Å²) in [4.78, 5) is 4.77. The summed E-state index contributed by atoms with van der Waals surface area (Å²) in [6, 6.07) is 13.0. The van der Waals surface area contributed by atoms with Gasteiger partial charge in [-0.05, 0) is 56.0 Å². The highest BCUT2D eigenvalue weighted by atomic mass is 19.1. The fraction of sp³-hybridized carbons (Fsp3) is 0.458. The molecule has 1 heterocycles. The van der Waals surface area contributed by atoms with Crippen molar-refractivity contribution >= 4 is 5.96 Å². The lowest BCUT2D eigenvalue weighted by Gasteiger charge is -2.38. The van der Waals surface area contributed by atoms with Crippen LogP contribution in [0.4, 0.5) is 4.39 Å². The normalized spacial score (nSPS) is 16.2. The first-order chi connectivity index (χ1) is 14.6. The Balaban J connectivity index is 1.76. The molecule has 162 valence electrons. The Labute approximate surface area is 178 Å². The maximum absolute atomic E-state index is 13.5. The number of guanidine groups is 1. The van der Waals surface area contributed by atoms with Crippen LogP contribution in [-0.2, 0) is 16.7 Å². The first kappa shape index (κ1) is 22.1. The predicted molar refractivity (Wildman–Crippen MR) is 119 cm³/mol. The van der Waals surface area contributed by atoms with Crippen molar-refractivity contribution in [2.45, 2.75) is 38.6 Å². The number of ether oxygens (including phenoxy) is 2. The van der Waals surface area contributed by atoms with Crippen LogP contribution in [0.25, 0.3) is 0 Å². The van der Waals surface area contributed by atoms with E-state index >= 15 is 0 Å². The molecule has 0 atom stereocenters. The number of aliphatic imine (C=N–C) groups is 1. The first-order valence-electron chi connectivity index (χ1n) is 10.6. The fourth-order valence-corrected chi connectivity index (χ4v) is 3.87. The van der Waals surface area contributed by atoms with E-state index in [0.717, 1.165) is 47.8 Å². The number of hydrogen-bond donors (Lipinski definition) is 2. The van der Waals surface area contributed by atoms with E-state index in [9.17, 15) is 4.39 Å². The van der Waals surface area contributed by atoms with Crippen molar-refractivity contribution < 1.29 is 13.9 Å². The van der Waals surface area contributed by atoms with Gasteiger partial charge in [-0.25, -0.2) is 9.38 Å². The lowest BCUT2D eigenvalue weighted by molar-refractivity contribution is 0.0513. The third kappa shape index (κ3) is 5.51. The molecule has 1 saturated heterocycles. The average Bonchev–Trinajstić information content (AvgIpc) is 2.77. The Hall–Kier alpha value is -2.60. The summed E-state index contributed by atoms with van der Waals surface area (Å²) in [5.74, 6) is 1.39. The molecule has 0 saturated carbocycles. The summed E-state index contributed by atoms with van der Waals surface area (Å²) >= 11 is 0. The number of rotatable bonds is 7. The molecule has 1 aliphatic heterocycles. The van der Waals surface area contributed by atoms with Crippen molar-refractivity contribution in [3.63, 3.8) is 0 Å². The molecule has 0 spiro atoms. The molecule has 1 fully saturated rings. The average molecular weight is 414 g/mol. The zero-order valence-electron chi connectivity index (χ0n) is 18.1. The molecule has 30 heavy (non-hydrogen) atoms. The van der Waals surface area contributed by atoms with Crippen molar-refractivity contribution in [3.05, 3.63) is 65.0 Å². The number of hydrogen-bond acceptors (Lipinski definition) is 3. The number of methoxy groups -OCH3 is 1. The molecule has 3 rings (SSSR count). The van der Waals surface area contributed by atoms with Crippen molar-refractivity contribution in [2.24, 2.45) is 4.99 Å². The van der Waals surface area contributed by atoms with Crippen LogP contribution in [0.2, 0.25) is 0 Å². The standard InChI is InChI=1S/C24H32FN3O2/c1-4-26-23(27-16-19-6-5-18(2)15-22(19)29-3)28-17-24(11-13-30-14-12-24)20-7-9-21(25)10-8-20/h5-10,15H,4,11-14,16-17H2,1-3H3,(H2,26,27,28). The molecule has 6 heteroatoms. The lowest BCUT2D eigenvalue weighted by Crippen LogP contribution is -2.48. The second-order valence-corrected chi connectivity index (χ2v) is 7.76. The molecule has 2 aromatic carbocycles. The van der Waals surface area contributed by atoms with Crippen LogP contribution in [-0.4, -0.2) is 39.4 Å². The summed E-state index contributed by atoms with van der Waals surface area (Å²) < 4.78 is 24.6. The van der Waals surface area contributed by atoms with Crippen molar-refractivity contribution in [2.75, 3.05) is 33.4 Å². The Bertz CT molecular complexity index is 846. The van der Waals surface area contributed by atoms with Gasteiger partial charge in [-0.3, -0.25) is 0 Å². The molecule has 5 nitrogen and oxygen atoms in total. The molecule has 0 aromatic heterocycles. The van der Waals surface area contributed by atoms with Gasteiger partial charge in [0.05, 0.1) is 13.7 Å². The Morgan fingerprint density at radius 2 is 1.87 bits per heavy atom. The van der Waals surface area contributed by atoms with Gasteiger partial charge in [0.25, 0.3) is 0 Å². The second-order valence-electron chi connectivity index (χ2n) is 7.76. The molecule has 1 aliphatic rings. The van der Waals surface area contributed by atoms with E-state index < -0.39 is 0 Å². The largest absolute Gasteiger partial charge is 0.496 e. The highest BCUT2D eigenvalue weighted by Gasteiger charge is 2.34. The summed E-state index contributed by atoms with van der Waals surface area (Å²) in [7, 11) is 1.68. The van der Waals surface area contributed by atoms with Gasteiger partial charge in [0.15, 0.2) is 5.96 Å². The smallest absolute Gasteiger partial charge is 0.191 e. The van der Waals surface area contributed by atoms with Gasteiger partial charge in [0.1, 0.15) is 11.6 Å². The molecule has 0 unspecified atom stereocenters. The molecular formula is C24H32FN3O2. The van der Waals surface area contributed by atoms with Crippen molar-refractivity contribution in [1.82, 2.24) is 10.6 Å². The Morgan fingerprint density at radius 1 is 1.13 bits per heavy atom. The van der Waals surface area contributed by atoms with Crippen LogP contribution in [0.3, 0.4) is 0 Å². The summed E-state index contributed by atoms with van der Waals surface area (Å²) in [6.07, 6.45) is 1.77. The zero-order chi connectivity index (χ0) is 21.4. The molecular weight excluding hydrogens is 381 g/mol. The van der Waals surface area contributed by atoms with Gasteiger partial charge in [-0.1, -0.05) is 24.3 Å². The maximum Gasteiger partial charge on any atom is 0.191 e. The summed E-state index contributed by atoms with van der Waals surface area (Å²) in [5, 5.41) is 6.84. The van der Waals surface area contributed by atoms with Gasteiger partial charge < -0.3 is 20.1 Å². The molecule has 0 aliphatic carbocycles. The van der Waals surface area contributed by atoms with E-state index in [1.807, 2.05) is 32.0 Å². The van der Waals surface area contributed by atoms with E-state index in [0.29, 0.717) is 26.3 Å². The zero-order valence-corrected chi connectivity index (χ0v) is 18.1. The van der Waals surface area contributed by atoms with Crippen LogP contribution in [0.5, 0.6) is 5.75 Å². The highest BCUT2D eigenvalue weighted by molar-refractivity contribution is 5.80. The van der Waals surface area contributed by atoms with Crippen molar-refractivity contribution in [1.29, 1.82) is 0 Å². The van der Waals surface area contributed by atoms with E-state index in [-0.39, 0.29) is 11.2 Å². The quantitative estimate of drug-likeness (QED) is 0.533. The lowest BCUT2D eigenvalue weighted by atomic mass is 9.74. The predicted octanol–water partition coefficient (Wildman–Crippen LogP) is 3.95. The maximum atomic E-state index is 13.5. The highest BCUT2D eigenvalue weighted by Crippen LogP contribution is 2.34. The van der Waals surface area contributed by atoms with Crippen LogP contribution in [0.1, 0.15) is 36.5 Å². The second kappa shape index (κ2) is 10.4. The fourth-order valence-electron chi connectivity index (χ4n) is 3.87. The van der Waals surface area contributed by atoms with E-state index in [4.69, 9.17) is 14.5 Å². The number of benzene rings is 2. The summed E-state index contributed by atoms with van der Waals surface area (Å²) in [5.41, 5.74) is 3.23. The number of halogens is 1. The van der Waals surface area contributed by atoms with Crippen LogP contribution >= 0.6 is 0 Å². The summed E-state index contributed by atoms with van der Waals surface area (Å²) in [6.45, 7) is 7.49. The molecule has 0 amide bonds. The van der Waals surface area contributed by atoms with Gasteiger partial charge >= 0.3 is 0 Å². The first-order valence-corrected chi connectivity index (χ1v) is 10.6.